The van der Waals surface area contributed by atoms with E-state index >= 15 is 0 Å². The molecule has 11 nitrogen and oxygen atoms in total. The average Bonchev–Trinajstić information content (AvgIpc) is 3.19. The summed E-state index contributed by atoms with van der Waals surface area (Å²) in [5, 5.41) is 19.4. The van der Waals surface area contributed by atoms with Crippen LogP contribution in [0.15, 0.2) is 21.3 Å². The summed E-state index contributed by atoms with van der Waals surface area (Å²) < 4.78 is 0. The molecule has 0 saturated carbocycles. The van der Waals surface area contributed by atoms with Crippen LogP contribution in [0.5, 0.6) is 0 Å². The molecule has 0 aliphatic carbocycles. The molecule has 2 atom stereocenters. The number of anilines is 1. The quantitative estimate of drug-likeness (QED) is 0.146. The summed E-state index contributed by atoms with van der Waals surface area (Å²) in [6.07, 6.45) is 2.06. The molecule has 0 spiro atoms. The molecular formula is C17H18ClN5O6S2. The normalized spacial score (nSPS) is 20.6. The number of β-lactam (4-membered cyclic amide) rings is 1. The predicted molar refractivity (Wildman–Crippen MR) is 115 cm³/mol. The highest BCUT2D eigenvalue weighted by Crippen LogP contribution is 2.41. The van der Waals surface area contributed by atoms with Crippen LogP contribution in [0.1, 0.15) is 25.5 Å². The number of nitrogens with zero attached hydrogens (tertiary/aromatic N) is 3. The largest absolute Gasteiger partial charge is 0.477 e. The topological polar surface area (TPSA) is 150 Å². The maximum Gasteiger partial charge on any atom is 0.353 e. The number of hydrogen-bond acceptors (Lipinski definition) is 9. The summed E-state index contributed by atoms with van der Waals surface area (Å²) in [6, 6.07) is -0.955. The van der Waals surface area contributed by atoms with E-state index in [2.05, 4.69) is 20.8 Å². The van der Waals surface area contributed by atoms with Crippen molar-refractivity contribution in [3.63, 3.8) is 0 Å². The first-order valence-electron chi connectivity index (χ1n) is 9.12. The van der Waals surface area contributed by atoms with Gasteiger partial charge in [-0.3, -0.25) is 19.3 Å². The fourth-order valence-electron chi connectivity index (χ4n) is 2.81. The molecule has 1 fully saturated rings. The Hall–Kier alpha value is -2.64. The minimum atomic E-state index is -1.31. The van der Waals surface area contributed by atoms with Gasteiger partial charge < -0.3 is 20.6 Å². The SMILES string of the molecule is CCCCON=C(C(=O)NC1C(=O)N2C(C(=O)O)=C(Cl)CS[C@@H]12)c1csc(NC=O)n1. The zero-order chi connectivity index (χ0) is 22.5. The molecule has 0 aromatic carbocycles. The van der Waals surface area contributed by atoms with Crippen molar-refractivity contribution >= 4 is 69.7 Å². The number of aliphatic carboxylic acids is 1. The van der Waals surface area contributed by atoms with Crippen molar-refractivity contribution in [1.82, 2.24) is 15.2 Å². The van der Waals surface area contributed by atoms with Gasteiger partial charge in [0.1, 0.15) is 29.4 Å². The van der Waals surface area contributed by atoms with Crippen LogP contribution in [-0.4, -0.2) is 68.7 Å². The molecule has 0 radical (unpaired) electrons. The number of carboxylic acid groups (broad SMARTS) is 1. The molecule has 2 aliphatic heterocycles. The molecule has 1 aromatic heterocycles. The maximum absolute atomic E-state index is 12.9. The number of unbranched alkanes of at least 4 members (excludes halogenated alkanes) is 1. The van der Waals surface area contributed by atoms with E-state index in [-0.39, 0.29) is 39.6 Å². The van der Waals surface area contributed by atoms with Gasteiger partial charge in [0, 0.05) is 11.1 Å². The second-order valence-electron chi connectivity index (χ2n) is 6.35. The maximum atomic E-state index is 12.9. The van der Waals surface area contributed by atoms with Crippen LogP contribution in [0.2, 0.25) is 0 Å². The van der Waals surface area contributed by atoms with E-state index in [1.165, 1.54) is 17.1 Å². The van der Waals surface area contributed by atoms with Crippen molar-refractivity contribution < 1.29 is 29.1 Å². The number of amides is 3. The van der Waals surface area contributed by atoms with Gasteiger partial charge in [-0.2, -0.15) is 0 Å². The fourth-order valence-corrected chi connectivity index (χ4v) is 5.02. The first-order valence-corrected chi connectivity index (χ1v) is 11.4. The Morgan fingerprint density at radius 2 is 2.29 bits per heavy atom. The van der Waals surface area contributed by atoms with Crippen LogP contribution in [-0.2, 0) is 24.0 Å². The van der Waals surface area contributed by atoms with Gasteiger partial charge >= 0.3 is 5.97 Å². The lowest BCUT2D eigenvalue weighted by Gasteiger charge is -2.48. The van der Waals surface area contributed by atoms with Gasteiger partial charge in [-0.1, -0.05) is 30.1 Å². The summed E-state index contributed by atoms with van der Waals surface area (Å²) in [5.74, 6) is -2.40. The highest BCUT2D eigenvalue weighted by atomic mass is 35.5. The highest BCUT2D eigenvalue weighted by Gasteiger charge is 2.54. The lowest BCUT2D eigenvalue weighted by atomic mass is 10.0. The summed E-state index contributed by atoms with van der Waals surface area (Å²) in [6.45, 7) is 2.26. The Balaban J connectivity index is 1.77. The molecule has 3 N–H and O–H groups in total. The number of halogens is 1. The molecule has 1 aromatic rings. The van der Waals surface area contributed by atoms with Crippen LogP contribution in [0.25, 0.3) is 0 Å². The van der Waals surface area contributed by atoms with Crippen LogP contribution in [0.4, 0.5) is 5.13 Å². The first kappa shape index (κ1) is 23.0. The Morgan fingerprint density at radius 1 is 1.52 bits per heavy atom. The van der Waals surface area contributed by atoms with E-state index in [1.54, 1.807) is 0 Å². The molecule has 31 heavy (non-hydrogen) atoms. The Kier molecular flexibility index (Phi) is 7.51. The standard InChI is InChI=1S/C17H18ClN5O6S2/c1-2-3-4-29-22-10(9-6-31-17(20-9)19-7-24)13(25)21-11-14(26)23-12(16(27)28)8(18)5-30-15(11)23/h6-7,11,15H,2-5H2,1H3,(H,21,25)(H,27,28)(H,19,20,24)/t11?,15-/m0/s1. The Labute approximate surface area is 189 Å². The van der Waals surface area contributed by atoms with Crippen molar-refractivity contribution in [3.05, 3.63) is 21.8 Å². The minimum absolute atomic E-state index is 0.0659. The number of rotatable bonds is 10. The Morgan fingerprint density at radius 3 is 2.97 bits per heavy atom. The number of carbonyl (C=O) groups is 4. The molecular weight excluding hydrogens is 470 g/mol. The van der Waals surface area contributed by atoms with Crippen molar-refractivity contribution in [2.45, 2.75) is 31.2 Å². The number of hydrogen-bond donors (Lipinski definition) is 3. The number of nitrogens with one attached hydrogen (secondary N) is 2. The summed E-state index contributed by atoms with van der Waals surface area (Å²) in [5.41, 5.74) is -0.274. The molecule has 166 valence electrons. The Bertz CT molecular complexity index is 965. The zero-order valence-electron chi connectivity index (χ0n) is 16.2. The van der Waals surface area contributed by atoms with Gasteiger partial charge in [-0.15, -0.1) is 23.1 Å². The number of thiazole rings is 1. The van der Waals surface area contributed by atoms with Crippen molar-refractivity contribution in [3.8, 4) is 0 Å². The monoisotopic (exact) mass is 487 g/mol. The predicted octanol–water partition coefficient (Wildman–Crippen LogP) is 1.17. The molecule has 0 bridgehead atoms. The smallest absolute Gasteiger partial charge is 0.353 e. The molecule has 3 amide bonds. The third-order valence-electron chi connectivity index (χ3n) is 4.30. The number of thioether (sulfide) groups is 1. The number of carbonyl (C=O) groups excluding carboxylic acids is 3. The number of carboxylic acids is 1. The van der Waals surface area contributed by atoms with Crippen LogP contribution in [0.3, 0.4) is 0 Å². The van der Waals surface area contributed by atoms with E-state index < -0.39 is 29.2 Å². The van der Waals surface area contributed by atoms with Crippen molar-refractivity contribution in [2.24, 2.45) is 5.16 Å². The fraction of sp³-hybridized carbons (Fsp3) is 0.412. The molecule has 3 rings (SSSR count). The summed E-state index contributed by atoms with van der Waals surface area (Å²) in [4.78, 5) is 57.9. The number of aromatic nitrogens is 1. The van der Waals surface area contributed by atoms with E-state index in [4.69, 9.17) is 16.4 Å². The lowest BCUT2D eigenvalue weighted by Crippen LogP contribution is -2.71. The molecule has 2 aliphatic rings. The van der Waals surface area contributed by atoms with Gasteiger partial charge in [-0.05, 0) is 6.42 Å². The van der Waals surface area contributed by atoms with Gasteiger partial charge in [-0.25, -0.2) is 9.78 Å². The van der Waals surface area contributed by atoms with Crippen LogP contribution >= 0.6 is 34.7 Å². The van der Waals surface area contributed by atoms with Crippen molar-refractivity contribution in [1.29, 1.82) is 0 Å². The summed E-state index contributed by atoms with van der Waals surface area (Å²) >= 11 is 8.29. The average molecular weight is 488 g/mol. The first-order chi connectivity index (χ1) is 14.9. The molecule has 1 unspecified atom stereocenters. The van der Waals surface area contributed by atoms with E-state index in [1.807, 2.05) is 6.92 Å². The lowest BCUT2D eigenvalue weighted by molar-refractivity contribution is -0.150. The minimum Gasteiger partial charge on any atom is -0.477 e. The van der Waals surface area contributed by atoms with E-state index in [9.17, 15) is 24.3 Å². The number of oxime groups is 1. The molecule has 14 heteroatoms. The molecule has 1 saturated heterocycles. The summed E-state index contributed by atoms with van der Waals surface area (Å²) in [7, 11) is 0. The van der Waals surface area contributed by atoms with E-state index in [0.29, 0.717) is 6.41 Å². The van der Waals surface area contributed by atoms with Crippen LogP contribution < -0.4 is 10.6 Å². The second-order valence-corrected chi connectivity index (χ2v) is 8.77. The third kappa shape index (κ3) is 4.83. The third-order valence-corrected chi connectivity index (χ3v) is 6.82. The van der Waals surface area contributed by atoms with Crippen molar-refractivity contribution in [2.75, 3.05) is 17.7 Å². The second kappa shape index (κ2) is 10.1. The van der Waals surface area contributed by atoms with Gasteiger partial charge in [0.15, 0.2) is 10.8 Å². The zero-order valence-corrected chi connectivity index (χ0v) is 18.6. The molecule has 3 heterocycles. The van der Waals surface area contributed by atoms with Gasteiger partial charge in [0.25, 0.3) is 11.8 Å². The highest BCUT2D eigenvalue weighted by molar-refractivity contribution is 8.00. The van der Waals surface area contributed by atoms with Gasteiger partial charge in [0.2, 0.25) is 6.41 Å². The number of fused-ring (bicyclic) bond motifs is 1. The van der Waals surface area contributed by atoms with Crippen LogP contribution in [0, 0.1) is 0 Å². The van der Waals surface area contributed by atoms with Gasteiger partial charge in [0.05, 0.1) is 5.03 Å². The van der Waals surface area contributed by atoms with E-state index in [0.717, 1.165) is 29.1 Å².